The van der Waals surface area contributed by atoms with Crippen molar-refractivity contribution >= 4 is 28.8 Å². The van der Waals surface area contributed by atoms with Gasteiger partial charge in [-0.25, -0.2) is 0 Å². The summed E-state index contributed by atoms with van der Waals surface area (Å²) in [6.45, 7) is 2.00. The molecule has 0 aliphatic heterocycles. The zero-order valence-corrected chi connectivity index (χ0v) is 8.05. The van der Waals surface area contributed by atoms with E-state index in [4.69, 9.17) is 4.42 Å². The lowest BCUT2D eigenvalue weighted by Crippen LogP contribution is -1.77. The van der Waals surface area contributed by atoms with Crippen LogP contribution in [-0.4, -0.2) is 13.3 Å². The number of rotatable bonds is 1. The monoisotopic (exact) mass is 249 g/mol. The van der Waals surface area contributed by atoms with E-state index in [1.54, 1.807) is 13.3 Å². The van der Waals surface area contributed by atoms with Gasteiger partial charge < -0.3 is 4.42 Å². The number of aryl methyl sites for hydroxylation is 1. The van der Waals surface area contributed by atoms with Crippen molar-refractivity contribution in [2.75, 3.05) is 7.05 Å². The SMILES string of the molecule is CN=Cc1oc(I)cc1C. The van der Waals surface area contributed by atoms with Gasteiger partial charge >= 0.3 is 0 Å². The van der Waals surface area contributed by atoms with Crippen molar-refractivity contribution in [2.24, 2.45) is 4.99 Å². The standard InChI is InChI=1S/C7H8INO/c1-5-3-7(8)10-6(5)4-9-2/h3-4H,1-2H3. The molecule has 0 saturated heterocycles. The molecule has 54 valence electrons. The number of halogens is 1. The van der Waals surface area contributed by atoms with Crippen LogP contribution in [0.1, 0.15) is 11.3 Å². The van der Waals surface area contributed by atoms with Crippen molar-refractivity contribution in [3.63, 3.8) is 0 Å². The molecule has 0 N–H and O–H groups in total. The summed E-state index contributed by atoms with van der Waals surface area (Å²) in [5.41, 5.74) is 1.13. The molecule has 0 amide bonds. The highest BCUT2D eigenvalue weighted by atomic mass is 127. The molecule has 0 saturated carbocycles. The summed E-state index contributed by atoms with van der Waals surface area (Å²) in [5.74, 6) is 0.854. The van der Waals surface area contributed by atoms with Crippen LogP contribution in [0.2, 0.25) is 0 Å². The van der Waals surface area contributed by atoms with Crippen LogP contribution in [0, 0.1) is 10.7 Å². The minimum atomic E-state index is 0.854. The number of nitrogens with zero attached hydrogens (tertiary/aromatic N) is 1. The van der Waals surface area contributed by atoms with Gasteiger partial charge in [-0.2, -0.15) is 0 Å². The fourth-order valence-corrected chi connectivity index (χ4v) is 1.41. The molecule has 0 radical (unpaired) electrons. The second-order valence-electron chi connectivity index (χ2n) is 1.99. The van der Waals surface area contributed by atoms with Gasteiger partial charge in [-0.15, -0.1) is 0 Å². The van der Waals surface area contributed by atoms with Gasteiger partial charge in [-0.3, -0.25) is 4.99 Å². The van der Waals surface area contributed by atoms with E-state index in [1.807, 2.05) is 13.0 Å². The topological polar surface area (TPSA) is 25.5 Å². The van der Waals surface area contributed by atoms with Gasteiger partial charge in [0.05, 0.1) is 6.21 Å². The first-order chi connectivity index (χ1) is 4.74. The molecular formula is C7H8INO. The highest BCUT2D eigenvalue weighted by Crippen LogP contribution is 2.13. The van der Waals surface area contributed by atoms with Gasteiger partial charge in [0.2, 0.25) is 0 Å². The maximum atomic E-state index is 5.29. The summed E-state index contributed by atoms with van der Waals surface area (Å²) in [4.78, 5) is 3.86. The lowest BCUT2D eigenvalue weighted by molar-refractivity contribution is 0.530. The van der Waals surface area contributed by atoms with Gasteiger partial charge in [0, 0.05) is 7.05 Å². The van der Waals surface area contributed by atoms with Crippen LogP contribution >= 0.6 is 22.6 Å². The van der Waals surface area contributed by atoms with Crippen molar-refractivity contribution < 1.29 is 4.42 Å². The third-order valence-corrected chi connectivity index (χ3v) is 1.70. The molecule has 0 aliphatic carbocycles. The highest BCUT2D eigenvalue weighted by molar-refractivity contribution is 14.1. The minimum Gasteiger partial charge on any atom is -0.449 e. The van der Waals surface area contributed by atoms with Gasteiger partial charge in [0.25, 0.3) is 0 Å². The first-order valence-electron chi connectivity index (χ1n) is 2.92. The van der Waals surface area contributed by atoms with Crippen molar-refractivity contribution in [1.29, 1.82) is 0 Å². The third-order valence-electron chi connectivity index (χ3n) is 1.17. The molecule has 0 bridgehead atoms. The Kier molecular flexibility index (Phi) is 2.48. The molecule has 3 heteroatoms. The molecule has 0 aliphatic rings. The van der Waals surface area contributed by atoms with Crippen LogP contribution in [0.3, 0.4) is 0 Å². The molecule has 0 unspecified atom stereocenters. The number of hydrogen-bond donors (Lipinski definition) is 0. The molecule has 0 atom stereocenters. The van der Waals surface area contributed by atoms with Crippen molar-refractivity contribution in [1.82, 2.24) is 0 Å². The summed E-state index contributed by atoms with van der Waals surface area (Å²) in [6, 6.07) is 1.98. The smallest absolute Gasteiger partial charge is 0.164 e. The highest BCUT2D eigenvalue weighted by Gasteiger charge is 2.00. The van der Waals surface area contributed by atoms with Crippen LogP contribution in [0.25, 0.3) is 0 Å². The predicted molar refractivity (Wildman–Crippen MR) is 49.7 cm³/mol. The van der Waals surface area contributed by atoms with Crippen LogP contribution in [-0.2, 0) is 0 Å². The zero-order chi connectivity index (χ0) is 7.56. The van der Waals surface area contributed by atoms with E-state index in [9.17, 15) is 0 Å². The Balaban J connectivity index is 3.03. The average molecular weight is 249 g/mol. The van der Waals surface area contributed by atoms with E-state index in [0.717, 1.165) is 15.1 Å². The second-order valence-corrected chi connectivity index (χ2v) is 3.05. The van der Waals surface area contributed by atoms with Crippen LogP contribution in [0.4, 0.5) is 0 Å². The maximum absolute atomic E-state index is 5.29. The maximum Gasteiger partial charge on any atom is 0.164 e. The Morgan fingerprint density at radius 2 is 2.40 bits per heavy atom. The van der Waals surface area contributed by atoms with Crippen LogP contribution < -0.4 is 0 Å². The predicted octanol–water partition coefficient (Wildman–Crippen LogP) is 2.24. The molecule has 0 aromatic carbocycles. The quantitative estimate of drug-likeness (QED) is 0.553. The molecule has 1 rings (SSSR count). The summed E-state index contributed by atoms with van der Waals surface area (Å²) in [5, 5.41) is 0. The third kappa shape index (κ3) is 1.59. The Hall–Kier alpha value is -0.320. The number of hydrogen-bond acceptors (Lipinski definition) is 2. The lowest BCUT2D eigenvalue weighted by Gasteiger charge is -1.83. The van der Waals surface area contributed by atoms with Crippen molar-refractivity contribution in [3.05, 3.63) is 21.2 Å². The number of furan rings is 1. The summed E-state index contributed by atoms with van der Waals surface area (Å²) < 4.78 is 6.20. The molecule has 0 spiro atoms. The van der Waals surface area contributed by atoms with Crippen LogP contribution in [0.15, 0.2) is 15.5 Å². The lowest BCUT2D eigenvalue weighted by atomic mass is 10.3. The molecule has 0 fully saturated rings. The van der Waals surface area contributed by atoms with Crippen molar-refractivity contribution in [2.45, 2.75) is 6.92 Å². The molecule has 2 nitrogen and oxygen atoms in total. The Bertz CT molecular complexity index is 252. The molecule has 10 heavy (non-hydrogen) atoms. The van der Waals surface area contributed by atoms with Gasteiger partial charge in [-0.05, 0) is 41.1 Å². The second kappa shape index (κ2) is 3.18. The average Bonchev–Trinajstić information content (AvgIpc) is 2.13. The molecular weight excluding hydrogens is 241 g/mol. The first-order valence-corrected chi connectivity index (χ1v) is 4.00. The molecule has 1 aromatic heterocycles. The fourth-order valence-electron chi connectivity index (χ4n) is 0.702. The van der Waals surface area contributed by atoms with Gasteiger partial charge in [0.15, 0.2) is 3.77 Å². The number of aliphatic imine (C=N–C) groups is 1. The van der Waals surface area contributed by atoms with E-state index in [-0.39, 0.29) is 0 Å². The summed E-state index contributed by atoms with van der Waals surface area (Å²) in [7, 11) is 1.73. The largest absolute Gasteiger partial charge is 0.449 e. The van der Waals surface area contributed by atoms with Crippen molar-refractivity contribution in [3.8, 4) is 0 Å². The van der Waals surface area contributed by atoms with E-state index < -0.39 is 0 Å². The van der Waals surface area contributed by atoms with Crippen LogP contribution in [0.5, 0.6) is 0 Å². The van der Waals surface area contributed by atoms with E-state index in [1.165, 1.54) is 0 Å². The Labute approximate surface area is 73.5 Å². The first kappa shape index (κ1) is 7.78. The van der Waals surface area contributed by atoms with E-state index in [0.29, 0.717) is 0 Å². The normalized spacial score (nSPS) is 11.1. The van der Waals surface area contributed by atoms with E-state index in [2.05, 4.69) is 27.6 Å². The Morgan fingerprint density at radius 1 is 1.70 bits per heavy atom. The Morgan fingerprint density at radius 3 is 2.80 bits per heavy atom. The molecule has 1 aromatic rings. The van der Waals surface area contributed by atoms with Gasteiger partial charge in [0.1, 0.15) is 5.76 Å². The van der Waals surface area contributed by atoms with Gasteiger partial charge in [-0.1, -0.05) is 0 Å². The molecule has 1 heterocycles. The summed E-state index contributed by atoms with van der Waals surface area (Å²) in [6.07, 6.45) is 1.72. The summed E-state index contributed by atoms with van der Waals surface area (Å²) >= 11 is 2.14. The zero-order valence-electron chi connectivity index (χ0n) is 5.89. The van der Waals surface area contributed by atoms with E-state index >= 15 is 0 Å². The minimum absolute atomic E-state index is 0.854. The fraction of sp³-hybridized carbons (Fsp3) is 0.286.